The molecule has 0 aromatic carbocycles. The van der Waals surface area contributed by atoms with Gasteiger partial charge in [-0.2, -0.15) is 5.10 Å². The van der Waals surface area contributed by atoms with Crippen LogP contribution in [-0.4, -0.2) is 33.3 Å². The molecule has 2 rings (SSSR count). The maximum Gasteiger partial charge on any atom is 0.308 e. The minimum Gasteiger partial charge on any atom is -0.481 e. The molecule has 116 valence electrons. The Morgan fingerprint density at radius 3 is 2.71 bits per heavy atom. The number of aliphatic carboxylic acids is 1. The summed E-state index contributed by atoms with van der Waals surface area (Å²) < 4.78 is 1.67. The van der Waals surface area contributed by atoms with Gasteiger partial charge in [-0.25, -0.2) is 0 Å². The highest BCUT2D eigenvalue weighted by atomic mass is 16.4. The van der Waals surface area contributed by atoms with Crippen molar-refractivity contribution in [2.45, 2.75) is 45.6 Å². The second-order valence-corrected chi connectivity index (χ2v) is 5.64. The molecule has 0 spiro atoms. The SMILES string of the molecule is CCn1cc(C(=O)NCC(C(=O)O)C2CCCCC2)cn1. The summed E-state index contributed by atoms with van der Waals surface area (Å²) >= 11 is 0. The fourth-order valence-corrected chi connectivity index (χ4v) is 2.95. The van der Waals surface area contributed by atoms with Crippen LogP contribution in [0.1, 0.15) is 49.4 Å². The van der Waals surface area contributed by atoms with Gasteiger partial charge >= 0.3 is 5.97 Å². The molecule has 1 aliphatic carbocycles. The molecular formula is C15H23N3O3. The van der Waals surface area contributed by atoms with Gasteiger partial charge in [0.05, 0.1) is 17.7 Å². The van der Waals surface area contributed by atoms with Crippen molar-refractivity contribution in [1.82, 2.24) is 15.1 Å². The molecule has 1 fully saturated rings. The highest BCUT2D eigenvalue weighted by Gasteiger charge is 2.29. The highest BCUT2D eigenvalue weighted by Crippen LogP contribution is 2.30. The van der Waals surface area contributed by atoms with Crippen molar-refractivity contribution >= 4 is 11.9 Å². The molecule has 1 amide bonds. The van der Waals surface area contributed by atoms with E-state index in [2.05, 4.69) is 10.4 Å². The van der Waals surface area contributed by atoms with Gasteiger partial charge < -0.3 is 10.4 Å². The maximum absolute atomic E-state index is 12.0. The van der Waals surface area contributed by atoms with Gasteiger partial charge in [-0.3, -0.25) is 14.3 Å². The summed E-state index contributed by atoms with van der Waals surface area (Å²) in [7, 11) is 0. The number of carboxylic acids is 1. The summed E-state index contributed by atoms with van der Waals surface area (Å²) in [5.41, 5.74) is 0.477. The van der Waals surface area contributed by atoms with E-state index in [-0.39, 0.29) is 18.4 Å². The van der Waals surface area contributed by atoms with Gasteiger partial charge in [0.25, 0.3) is 5.91 Å². The van der Waals surface area contributed by atoms with Gasteiger partial charge in [-0.05, 0) is 25.7 Å². The summed E-state index contributed by atoms with van der Waals surface area (Å²) in [6.07, 6.45) is 8.44. The zero-order valence-corrected chi connectivity index (χ0v) is 12.4. The minimum absolute atomic E-state index is 0.176. The molecule has 0 radical (unpaired) electrons. The molecule has 0 aliphatic heterocycles. The van der Waals surface area contributed by atoms with Crippen LogP contribution in [0.4, 0.5) is 0 Å². The molecule has 0 saturated heterocycles. The predicted molar refractivity (Wildman–Crippen MR) is 77.9 cm³/mol. The average Bonchev–Trinajstić information content (AvgIpc) is 2.97. The first kappa shape index (κ1) is 15.5. The Bertz CT molecular complexity index is 492. The van der Waals surface area contributed by atoms with Crippen molar-refractivity contribution in [2.24, 2.45) is 11.8 Å². The van der Waals surface area contributed by atoms with Crippen molar-refractivity contribution in [3.05, 3.63) is 18.0 Å². The Labute approximate surface area is 124 Å². The highest BCUT2D eigenvalue weighted by molar-refractivity contribution is 5.93. The van der Waals surface area contributed by atoms with Crippen molar-refractivity contribution < 1.29 is 14.7 Å². The number of hydrogen-bond acceptors (Lipinski definition) is 3. The number of carbonyl (C=O) groups is 2. The maximum atomic E-state index is 12.0. The zero-order valence-electron chi connectivity index (χ0n) is 12.4. The normalized spacial score (nSPS) is 17.4. The summed E-state index contributed by atoms with van der Waals surface area (Å²) in [6.45, 7) is 2.83. The molecule has 2 N–H and O–H groups in total. The molecule has 6 heteroatoms. The number of hydrogen-bond donors (Lipinski definition) is 2. The first-order chi connectivity index (χ1) is 10.1. The number of amides is 1. The molecule has 1 aromatic rings. The number of nitrogens with zero attached hydrogens (tertiary/aromatic N) is 2. The molecule has 6 nitrogen and oxygen atoms in total. The third-order valence-electron chi connectivity index (χ3n) is 4.24. The van der Waals surface area contributed by atoms with E-state index >= 15 is 0 Å². The third kappa shape index (κ3) is 4.06. The lowest BCUT2D eigenvalue weighted by atomic mass is 9.80. The number of nitrogens with one attached hydrogen (secondary N) is 1. The second kappa shape index (κ2) is 7.24. The number of aryl methyl sites for hydroxylation is 1. The van der Waals surface area contributed by atoms with Crippen molar-refractivity contribution in [3.8, 4) is 0 Å². The topological polar surface area (TPSA) is 84.2 Å². The largest absolute Gasteiger partial charge is 0.481 e. The Balaban J connectivity index is 1.91. The van der Waals surface area contributed by atoms with Crippen LogP contribution < -0.4 is 5.32 Å². The first-order valence-corrected chi connectivity index (χ1v) is 7.65. The monoisotopic (exact) mass is 293 g/mol. The van der Waals surface area contributed by atoms with E-state index in [1.807, 2.05) is 6.92 Å². The number of carboxylic acid groups (broad SMARTS) is 1. The molecule has 1 unspecified atom stereocenters. The van der Waals surface area contributed by atoms with Crippen LogP contribution in [-0.2, 0) is 11.3 Å². The fraction of sp³-hybridized carbons (Fsp3) is 0.667. The Morgan fingerprint density at radius 1 is 1.43 bits per heavy atom. The minimum atomic E-state index is -0.813. The van der Waals surface area contributed by atoms with Crippen molar-refractivity contribution in [2.75, 3.05) is 6.54 Å². The molecular weight excluding hydrogens is 270 g/mol. The third-order valence-corrected chi connectivity index (χ3v) is 4.24. The van der Waals surface area contributed by atoms with Gasteiger partial charge in [-0.15, -0.1) is 0 Å². The molecule has 1 saturated carbocycles. The van der Waals surface area contributed by atoms with Crippen molar-refractivity contribution in [3.63, 3.8) is 0 Å². The second-order valence-electron chi connectivity index (χ2n) is 5.64. The molecule has 1 atom stereocenters. The van der Waals surface area contributed by atoms with Crippen LogP contribution in [0.25, 0.3) is 0 Å². The van der Waals surface area contributed by atoms with Crippen LogP contribution in [0.2, 0.25) is 0 Å². The summed E-state index contributed by atoms with van der Waals surface area (Å²) in [6, 6.07) is 0. The number of aromatic nitrogens is 2. The van der Waals surface area contributed by atoms with E-state index in [0.717, 1.165) is 25.7 Å². The number of rotatable bonds is 6. The lowest BCUT2D eigenvalue weighted by Crippen LogP contribution is -2.37. The first-order valence-electron chi connectivity index (χ1n) is 7.65. The van der Waals surface area contributed by atoms with E-state index in [1.54, 1.807) is 10.9 Å². The fourth-order valence-electron chi connectivity index (χ4n) is 2.95. The molecule has 0 bridgehead atoms. The molecule has 21 heavy (non-hydrogen) atoms. The Hall–Kier alpha value is -1.85. The average molecular weight is 293 g/mol. The predicted octanol–water partition coefficient (Wildman–Crippen LogP) is 1.91. The Morgan fingerprint density at radius 2 is 2.14 bits per heavy atom. The van der Waals surface area contributed by atoms with E-state index in [9.17, 15) is 14.7 Å². The van der Waals surface area contributed by atoms with Gasteiger partial charge in [0, 0.05) is 19.3 Å². The summed E-state index contributed by atoms with van der Waals surface area (Å²) in [5, 5.41) is 16.2. The van der Waals surface area contributed by atoms with E-state index in [4.69, 9.17) is 0 Å². The quantitative estimate of drug-likeness (QED) is 0.839. The van der Waals surface area contributed by atoms with Crippen LogP contribution in [0.3, 0.4) is 0 Å². The van der Waals surface area contributed by atoms with Crippen LogP contribution >= 0.6 is 0 Å². The Kier molecular flexibility index (Phi) is 5.36. The zero-order chi connectivity index (χ0) is 15.2. The van der Waals surface area contributed by atoms with Crippen LogP contribution in [0.5, 0.6) is 0 Å². The summed E-state index contributed by atoms with van der Waals surface area (Å²) in [5.74, 6) is -1.38. The van der Waals surface area contributed by atoms with Gasteiger partial charge in [-0.1, -0.05) is 19.3 Å². The van der Waals surface area contributed by atoms with Crippen molar-refractivity contribution in [1.29, 1.82) is 0 Å². The molecule has 1 aromatic heterocycles. The summed E-state index contributed by atoms with van der Waals surface area (Å²) in [4.78, 5) is 23.5. The lowest BCUT2D eigenvalue weighted by Gasteiger charge is -2.27. The van der Waals surface area contributed by atoms with Gasteiger partial charge in [0.1, 0.15) is 0 Å². The van der Waals surface area contributed by atoms with Crippen LogP contribution in [0.15, 0.2) is 12.4 Å². The smallest absolute Gasteiger partial charge is 0.308 e. The standard InChI is InChI=1S/C15H23N3O3/c1-2-18-10-12(8-17-18)14(19)16-9-13(15(20)21)11-6-4-3-5-7-11/h8,10-11,13H,2-7,9H2,1H3,(H,16,19)(H,20,21). The molecule has 1 aliphatic rings. The number of carbonyl (C=O) groups excluding carboxylic acids is 1. The van der Waals surface area contributed by atoms with Crippen LogP contribution in [0, 0.1) is 11.8 Å². The van der Waals surface area contributed by atoms with Gasteiger partial charge in [0.2, 0.25) is 0 Å². The molecule has 1 heterocycles. The van der Waals surface area contributed by atoms with Gasteiger partial charge in [0.15, 0.2) is 0 Å². The van der Waals surface area contributed by atoms with E-state index in [1.165, 1.54) is 12.6 Å². The lowest BCUT2D eigenvalue weighted by molar-refractivity contribution is -0.143. The van der Waals surface area contributed by atoms with E-state index in [0.29, 0.717) is 12.1 Å². The van der Waals surface area contributed by atoms with E-state index < -0.39 is 11.9 Å².